The van der Waals surface area contributed by atoms with E-state index in [1.54, 1.807) is 42.8 Å². The van der Waals surface area contributed by atoms with Crippen LogP contribution in [0.1, 0.15) is 11.1 Å². The predicted octanol–water partition coefficient (Wildman–Crippen LogP) is 3.79. The molecule has 1 fully saturated rings. The van der Waals surface area contributed by atoms with Crippen LogP contribution in [0.15, 0.2) is 77.7 Å². The van der Waals surface area contributed by atoms with Crippen molar-refractivity contribution in [3.63, 3.8) is 0 Å². The van der Waals surface area contributed by atoms with Gasteiger partial charge in [-0.1, -0.05) is 36.4 Å². The molecular weight excluding hydrogens is 452 g/mol. The van der Waals surface area contributed by atoms with Crippen LogP contribution in [0.25, 0.3) is 0 Å². The van der Waals surface area contributed by atoms with E-state index in [4.69, 9.17) is 14.2 Å². The first kappa shape index (κ1) is 24.1. The van der Waals surface area contributed by atoms with Gasteiger partial charge in [-0.05, 0) is 47.5 Å². The van der Waals surface area contributed by atoms with E-state index >= 15 is 0 Å². The second-order valence-corrected chi connectivity index (χ2v) is 10.1. The van der Waals surface area contributed by atoms with Gasteiger partial charge in [-0.2, -0.15) is 4.31 Å². The number of hydrogen-bond acceptors (Lipinski definition) is 6. The van der Waals surface area contributed by atoms with E-state index in [0.29, 0.717) is 56.6 Å². The summed E-state index contributed by atoms with van der Waals surface area (Å²) in [5.74, 6) is 2.02. The van der Waals surface area contributed by atoms with E-state index in [1.165, 1.54) is 0 Å². The number of rotatable bonds is 9. The van der Waals surface area contributed by atoms with Crippen molar-refractivity contribution in [2.75, 3.05) is 40.4 Å². The zero-order valence-electron chi connectivity index (χ0n) is 19.5. The first-order valence-electron chi connectivity index (χ1n) is 11.2. The van der Waals surface area contributed by atoms with Crippen molar-refractivity contribution >= 4 is 10.0 Å². The molecule has 0 radical (unpaired) electrons. The molecule has 4 rings (SSSR count). The van der Waals surface area contributed by atoms with Gasteiger partial charge < -0.3 is 14.2 Å². The van der Waals surface area contributed by atoms with Gasteiger partial charge >= 0.3 is 0 Å². The summed E-state index contributed by atoms with van der Waals surface area (Å²) >= 11 is 0. The molecule has 0 spiro atoms. The van der Waals surface area contributed by atoms with Gasteiger partial charge in [0.1, 0.15) is 12.4 Å². The van der Waals surface area contributed by atoms with Crippen LogP contribution < -0.4 is 14.2 Å². The van der Waals surface area contributed by atoms with E-state index in [0.717, 1.165) is 11.1 Å². The van der Waals surface area contributed by atoms with Crippen molar-refractivity contribution in [2.45, 2.75) is 18.0 Å². The van der Waals surface area contributed by atoms with Crippen molar-refractivity contribution in [2.24, 2.45) is 0 Å². The number of sulfonamides is 1. The highest BCUT2D eigenvalue weighted by Crippen LogP contribution is 2.30. The maximum atomic E-state index is 13.0. The number of methoxy groups -OCH3 is 2. The molecule has 34 heavy (non-hydrogen) atoms. The predicted molar refractivity (Wildman–Crippen MR) is 131 cm³/mol. The van der Waals surface area contributed by atoms with Gasteiger partial charge in [0.25, 0.3) is 0 Å². The normalized spacial score (nSPS) is 15.1. The van der Waals surface area contributed by atoms with Crippen molar-refractivity contribution in [3.8, 4) is 17.2 Å². The molecule has 0 unspecified atom stereocenters. The first-order valence-corrected chi connectivity index (χ1v) is 12.6. The summed E-state index contributed by atoms with van der Waals surface area (Å²) in [6.45, 7) is 3.40. The molecule has 0 N–H and O–H groups in total. The molecule has 0 aromatic heterocycles. The number of benzene rings is 3. The Morgan fingerprint density at radius 3 is 2.12 bits per heavy atom. The summed E-state index contributed by atoms with van der Waals surface area (Å²) in [5.41, 5.74) is 2.19. The number of ether oxygens (including phenoxy) is 3. The Bertz CT molecular complexity index is 1180. The summed E-state index contributed by atoms with van der Waals surface area (Å²) < 4.78 is 44.1. The third kappa shape index (κ3) is 5.70. The minimum absolute atomic E-state index is 0.289. The fourth-order valence-corrected chi connectivity index (χ4v) is 5.37. The molecule has 0 saturated carbocycles. The van der Waals surface area contributed by atoms with Crippen molar-refractivity contribution in [1.29, 1.82) is 0 Å². The second kappa shape index (κ2) is 10.9. The lowest BCUT2D eigenvalue weighted by atomic mass is 10.1. The lowest BCUT2D eigenvalue weighted by Gasteiger charge is -2.34. The van der Waals surface area contributed by atoms with E-state index in [2.05, 4.69) is 4.90 Å². The van der Waals surface area contributed by atoms with Gasteiger partial charge in [-0.3, -0.25) is 4.90 Å². The smallest absolute Gasteiger partial charge is 0.243 e. The molecule has 7 nitrogen and oxygen atoms in total. The van der Waals surface area contributed by atoms with Crippen molar-refractivity contribution in [1.82, 2.24) is 9.21 Å². The summed E-state index contributed by atoms with van der Waals surface area (Å²) in [7, 11) is -0.319. The highest BCUT2D eigenvalue weighted by molar-refractivity contribution is 7.89. The van der Waals surface area contributed by atoms with E-state index in [-0.39, 0.29) is 4.90 Å². The van der Waals surface area contributed by atoms with Crippen LogP contribution in [0.5, 0.6) is 17.2 Å². The summed E-state index contributed by atoms with van der Waals surface area (Å²) in [4.78, 5) is 2.54. The largest absolute Gasteiger partial charge is 0.497 e. The lowest BCUT2D eigenvalue weighted by Crippen LogP contribution is -2.48. The molecule has 0 amide bonds. The van der Waals surface area contributed by atoms with Crippen LogP contribution in [0.4, 0.5) is 0 Å². The Hall–Kier alpha value is -3.07. The average Bonchev–Trinajstić information content (AvgIpc) is 2.88. The highest BCUT2D eigenvalue weighted by atomic mass is 32.2. The first-order chi connectivity index (χ1) is 16.5. The fraction of sp³-hybridized carbons (Fsp3) is 0.308. The molecule has 1 aliphatic rings. The van der Waals surface area contributed by atoms with Crippen LogP contribution in [0, 0.1) is 0 Å². The molecular formula is C26H30N2O5S. The Balaban J connectivity index is 1.34. The van der Waals surface area contributed by atoms with Gasteiger partial charge in [0.15, 0.2) is 11.5 Å². The summed E-state index contributed by atoms with van der Waals surface area (Å²) in [5, 5.41) is 0. The monoisotopic (exact) mass is 482 g/mol. The Morgan fingerprint density at radius 2 is 1.47 bits per heavy atom. The minimum atomic E-state index is -3.51. The van der Waals surface area contributed by atoms with Crippen LogP contribution in [-0.2, 0) is 23.2 Å². The van der Waals surface area contributed by atoms with Gasteiger partial charge in [-0.25, -0.2) is 8.42 Å². The molecule has 8 heteroatoms. The van der Waals surface area contributed by atoms with Crippen LogP contribution in [-0.4, -0.2) is 58.0 Å². The topological polar surface area (TPSA) is 68.3 Å². The molecule has 1 aliphatic heterocycles. The van der Waals surface area contributed by atoms with Crippen molar-refractivity contribution in [3.05, 3.63) is 83.9 Å². The van der Waals surface area contributed by atoms with Crippen molar-refractivity contribution < 1.29 is 22.6 Å². The number of piperazine rings is 1. The highest BCUT2D eigenvalue weighted by Gasteiger charge is 2.28. The van der Waals surface area contributed by atoms with Crippen LogP contribution in [0.2, 0.25) is 0 Å². The lowest BCUT2D eigenvalue weighted by molar-refractivity contribution is 0.181. The van der Waals surface area contributed by atoms with E-state index in [1.807, 2.05) is 48.5 Å². The molecule has 0 bridgehead atoms. The Labute approximate surface area is 201 Å². The zero-order valence-corrected chi connectivity index (χ0v) is 20.3. The molecule has 1 heterocycles. The molecule has 0 aliphatic carbocycles. The van der Waals surface area contributed by atoms with E-state index in [9.17, 15) is 8.42 Å². The maximum absolute atomic E-state index is 13.0. The molecule has 1 saturated heterocycles. The van der Waals surface area contributed by atoms with Crippen LogP contribution in [0.3, 0.4) is 0 Å². The maximum Gasteiger partial charge on any atom is 0.243 e. The fourth-order valence-electron chi connectivity index (χ4n) is 3.95. The van der Waals surface area contributed by atoms with Gasteiger partial charge in [0.2, 0.25) is 10.0 Å². The average molecular weight is 483 g/mol. The van der Waals surface area contributed by atoms with Gasteiger partial charge in [0, 0.05) is 32.7 Å². The molecule has 3 aromatic rings. The number of nitrogens with zero attached hydrogens (tertiary/aromatic N) is 2. The van der Waals surface area contributed by atoms with Crippen LogP contribution >= 0.6 is 0 Å². The quantitative estimate of drug-likeness (QED) is 0.462. The molecule has 0 atom stereocenters. The van der Waals surface area contributed by atoms with Gasteiger partial charge in [0.05, 0.1) is 19.1 Å². The Kier molecular flexibility index (Phi) is 7.72. The SMILES string of the molecule is COc1ccc(S(=O)(=O)N2CCN(Cc3ccc(OCc4ccccc4)c(OC)c3)CC2)cc1. The summed E-state index contributed by atoms with van der Waals surface area (Å²) in [6, 6.07) is 22.5. The minimum Gasteiger partial charge on any atom is -0.497 e. The number of hydrogen-bond donors (Lipinski definition) is 0. The third-order valence-electron chi connectivity index (χ3n) is 5.90. The molecule has 180 valence electrons. The second-order valence-electron chi connectivity index (χ2n) is 8.12. The summed E-state index contributed by atoms with van der Waals surface area (Å²) in [6.07, 6.45) is 0. The third-order valence-corrected chi connectivity index (χ3v) is 7.81. The Morgan fingerprint density at radius 1 is 0.765 bits per heavy atom. The van der Waals surface area contributed by atoms with E-state index < -0.39 is 10.0 Å². The molecule has 3 aromatic carbocycles. The zero-order chi connectivity index (χ0) is 24.0. The van der Waals surface area contributed by atoms with Gasteiger partial charge in [-0.15, -0.1) is 0 Å². The standard InChI is InChI=1S/C26H30N2O5S/c1-31-23-9-11-24(12-10-23)34(29,30)28-16-14-27(15-17-28)19-22-8-13-25(26(18-22)32-2)33-20-21-6-4-3-5-7-21/h3-13,18H,14-17,19-20H2,1-2H3.